The van der Waals surface area contributed by atoms with Crippen molar-refractivity contribution < 1.29 is 0 Å². The van der Waals surface area contributed by atoms with Gasteiger partial charge in [-0.15, -0.1) is 0 Å². The van der Waals surface area contributed by atoms with Gasteiger partial charge in [-0.25, -0.2) is 0 Å². The van der Waals surface area contributed by atoms with Gasteiger partial charge in [-0.3, -0.25) is 9.80 Å². The standard InChI is InChI=1S/C18H36N2/c1-6-15(2)16-7-9-17(10-8-16)19-11-13-20(14-12-19)18(3,4)5/h15-17H,6-14H2,1-5H3. The third-order valence-electron chi connectivity index (χ3n) is 5.97. The Balaban J connectivity index is 1.76. The van der Waals surface area contributed by atoms with E-state index in [1.54, 1.807) is 0 Å². The Morgan fingerprint density at radius 2 is 1.50 bits per heavy atom. The monoisotopic (exact) mass is 280 g/mol. The van der Waals surface area contributed by atoms with E-state index in [9.17, 15) is 0 Å². The summed E-state index contributed by atoms with van der Waals surface area (Å²) in [5.74, 6) is 1.95. The van der Waals surface area contributed by atoms with Gasteiger partial charge in [0, 0.05) is 37.8 Å². The molecule has 2 heteroatoms. The number of hydrogen-bond donors (Lipinski definition) is 0. The highest BCUT2D eigenvalue weighted by molar-refractivity contribution is 4.87. The highest BCUT2D eigenvalue weighted by Gasteiger charge is 2.32. The van der Waals surface area contributed by atoms with Crippen LogP contribution in [0, 0.1) is 11.8 Å². The maximum Gasteiger partial charge on any atom is 0.0126 e. The maximum atomic E-state index is 2.79. The van der Waals surface area contributed by atoms with Gasteiger partial charge in [0.2, 0.25) is 0 Å². The molecule has 1 saturated heterocycles. The van der Waals surface area contributed by atoms with Gasteiger partial charge in [0.15, 0.2) is 0 Å². The zero-order chi connectivity index (χ0) is 14.8. The van der Waals surface area contributed by atoms with E-state index >= 15 is 0 Å². The summed E-state index contributed by atoms with van der Waals surface area (Å²) in [5.41, 5.74) is 0.348. The smallest absolute Gasteiger partial charge is 0.0126 e. The number of piperazine rings is 1. The molecular formula is C18H36N2. The van der Waals surface area contributed by atoms with Crippen LogP contribution in [0.4, 0.5) is 0 Å². The molecule has 1 saturated carbocycles. The van der Waals surface area contributed by atoms with E-state index in [0.29, 0.717) is 5.54 Å². The zero-order valence-electron chi connectivity index (χ0n) is 14.5. The van der Waals surface area contributed by atoms with Crippen molar-refractivity contribution in [1.82, 2.24) is 9.80 Å². The Morgan fingerprint density at radius 3 is 1.95 bits per heavy atom. The molecule has 2 aliphatic rings. The fourth-order valence-electron chi connectivity index (χ4n) is 4.13. The van der Waals surface area contributed by atoms with Crippen LogP contribution in [-0.4, -0.2) is 47.6 Å². The number of rotatable bonds is 3. The Morgan fingerprint density at radius 1 is 0.950 bits per heavy atom. The average Bonchev–Trinajstić information content (AvgIpc) is 2.46. The molecule has 0 bridgehead atoms. The van der Waals surface area contributed by atoms with Crippen LogP contribution in [0.3, 0.4) is 0 Å². The average molecular weight is 280 g/mol. The highest BCUT2D eigenvalue weighted by Crippen LogP contribution is 2.34. The molecular weight excluding hydrogens is 244 g/mol. The Kier molecular flexibility index (Phi) is 5.53. The van der Waals surface area contributed by atoms with E-state index in [1.165, 1.54) is 58.3 Å². The van der Waals surface area contributed by atoms with E-state index in [1.807, 2.05) is 0 Å². The molecule has 1 aliphatic heterocycles. The molecule has 20 heavy (non-hydrogen) atoms. The summed E-state index contributed by atoms with van der Waals surface area (Å²) in [6, 6.07) is 0.887. The summed E-state index contributed by atoms with van der Waals surface area (Å²) in [5, 5.41) is 0. The van der Waals surface area contributed by atoms with Gasteiger partial charge in [-0.2, -0.15) is 0 Å². The molecule has 0 aromatic rings. The fraction of sp³-hybridized carbons (Fsp3) is 1.00. The molecule has 1 atom stereocenters. The van der Waals surface area contributed by atoms with Crippen LogP contribution in [0.1, 0.15) is 66.7 Å². The number of hydrogen-bond acceptors (Lipinski definition) is 2. The summed E-state index contributed by atoms with van der Waals surface area (Å²) in [7, 11) is 0. The molecule has 0 amide bonds. The van der Waals surface area contributed by atoms with Crippen LogP contribution in [0.5, 0.6) is 0 Å². The van der Waals surface area contributed by atoms with Crippen molar-refractivity contribution in [2.45, 2.75) is 78.3 Å². The van der Waals surface area contributed by atoms with E-state index < -0.39 is 0 Å². The van der Waals surface area contributed by atoms with Crippen LogP contribution >= 0.6 is 0 Å². The van der Waals surface area contributed by atoms with Crippen LogP contribution in [0.25, 0.3) is 0 Å². The molecule has 118 valence electrons. The largest absolute Gasteiger partial charge is 0.298 e. The second kappa shape index (κ2) is 6.79. The van der Waals surface area contributed by atoms with Crippen LogP contribution in [-0.2, 0) is 0 Å². The van der Waals surface area contributed by atoms with Crippen molar-refractivity contribution in [2.24, 2.45) is 11.8 Å². The lowest BCUT2D eigenvalue weighted by Gasteiger charge is -2.46. The Hall–Kier alpha value is -0.0800. The first-order valence-electron chi connectivity index (χ1n) is 8.91. The molecule has 2 rings (SSSR count). The zero-order valence-corrected chi connectivity index (χ0v) is 14.5. The first kappa shape index (κ1) is 16.3. The summed E-state index contributed by atoms with van der Waals surface area (Å²) in [4.78, 5) is 5.43. The molecule has 2 nitrogen and oxygen atoms in total. The summed E-state index contributed by atoms with van der Waals surface area (Å²) < 4.78 is 0. The fourth-order valence-corrected chi connectivity index (χ4v) is 4.13. The van der Waals surface area contributed by atoms with Crippen molar-refractivity contribution in [3.63, 3.8) is 0 Å². The SMILES string of the molecule is CCC(C)C1CCC(N2CCN(C(C)(C)C)CC2)CC1. The van der Waals surface area contributed by atoms with Crippen LogP contribution in [0.2, 0.25) is 0 Å². The first-order valence-corrected chi connectivity index (χ1v) is 8.91. The van der Waals surface area contributed by atoms with Gasteiger partial charge < -0.3 is 0 Å². The van der Waals surface area contributed by atoms with Crippen LogP contribution < -0.4 is 0 Å². The molecule has 0 spiro atoms. The summed E-state index contributed by atoms with van der Waals surface area (Å²) in [6.07, 6.45) is 7.20. The second-order valence-corrected chi connectivity index (χ2v) is 8.15. The Labute approximate surface area is 126 Å². The molecule has 0 N–H and O–H groups in total. The van der Waals surface area contributed by atoms with Gasteiger partial charge in [0.25, 0.3) is 0 Å². The molecule has 1 heterocycles. The highest BCUT2D eigenvalue weighted by atomic mass is 15.3. The Bertz CT molecular complexity index is 278. The minimum Gasteiger partial charge on any atom is -0.298 e. The molecule has 0 aromatic heterocycles. The predicted octanol–water partition coefficient (Wildman–Crippen LogP) is 4.01. The number of nitrogens with zero attached hydrogens (tertiary/aromatic N) is 2. The van der Waals surface area contributed by atoms with E-state index in [0.717, 1.165) is 17.9 Å². The van der Waals surface area contributed by atoms with E-state index in [2.05, 4.69) is 44.4 Å². The van der Waals surface area contributed by atoms with Gasteiger partial charge in [-0.1, -0.05) is 20.3 Å². The lowest BCUT2D eigenvalue weighted by atomic mass is 9.77. The van der Waals surface area contributed by atoms with Crippen molar-refractivity contribution in [3.8, 4) is 0 Å². The molecule has 2 fully saturated rings. The van der Waals surface area contributed by atoms with Gasteiger partial charge in [0.1, 0.15) is 0 Å². The molecule has 1 aliphatic carbocycles. The van der Waals surface area contributed by atoms with Gasteiger partial charge >= 0.3 is 0 Å². The van der Waals surface area contributed by atoms with Crippen molar-refractivity contribution in [3.05, 3.63) is 0 Å². The second-order valence-electron chi connectivity index (χ2n) is 8.15. The quantitative estimate of drug-likeness (QED) is 0.771. The molecule has 0 radical (unpaired) electrons. The maximum absolute atomic E-state index is 2.79. The molecule has 0 aromatic carbocycles. The summed E-state index contributed by atoms with van der Waals surface area (Å²) >= 11 is 0. The van der Waals surface area contributed by atoms with Crippen molar-refractivity contribution >= 4 is 0 Å². The third kappa shape index (κ3) is 3.98. The topological polar surface area (TPSA) is 6.48 Å². The minimum absolute atomic E-state index is 0.348. The van der Waals surface area contributed by atoms with Crippen molar-refractivity contribution in [2.75, 3.05) is 26.2 Å². The van der Waals surface area contributed by atoms with Crippen molar-refractivity contribution in [1.29, 1.82) is 0 Å². The molecule has 1 unspecified atom stereocenters. The lowest BCUT2D eigenvalue weighted by molar-refractivity contribution is 0.0261. The summed E-state index contributed by atoms with van der Waals surface area (Å²) in [6.45, 7) is 16.9. The lowest BCUT2D eigenvalue weighted by Crippen LogP contribution is -2.56. The first-order chi connectivity index (χ1) is 9.41. The van der Waals surface area contributed by atoms with Gasteiger partial charge in [0.05, 0.1) is 0 Å². The normalized spacial score (nSPS) is 32.2. The van der Waals surface area contributed by atoms with E-state index in [-0.39, 0.29) is 0 Å². The predicted molar refractivity (Wildman–Crippen MR) is 88.1 cm³/mol. The third-order valence-corrected chi connectivity index (χ3v) is 5.97. The van der Waals surface area contributed by atoms with E-state index in [4.69, 9.17) is 0 Å². The van der Waals surface area contributed by atoms with Gasteiger partial charge in [-0.05, 0) is 58.3 Å². The minimum atomic E-state index is 0.348. The van der Waals surface area contributed by atoms with Crippen LogP contribution in [0.15, 0.2) is 0 Å².